The zero-order valence-corrected chi connectivity index (χ0v) is 12.6. The molecular weight excluding hydrogens is 322 g/mol. The lowest BCUT2D eigenvalue weighted by Gasteiger charge is -2.16. The minimum Gasteiger partial charge on any atom is -0.484 e. The summed E-state index contributed by atoms with van der Waals surface area (Å²) in [6.07, 6.45) is 0.522. The highest BCUT2D eigenvalue weighted by Gasteiger charge is 2.27. The third-order valence-corrected chi connectivity index (χ3v) is 5.02. The molecule has 0 saturated carbocycles. The van der Waals surface area contributed by atoms with Gasteiger partial charge in [-0.25, -0.2) is 4.98 Å². The molecule has 0 saturated heterocycles. The molecule has 3 rings (SSSR count). The quantitative estimate of drug-likeness (QED) is 0.930. The molecule has 0 atom stereocenters. The minimum atomic E-state index is -0.824. The highest BCUT2D eigenvalue weighted by atomic mass is 35.5. The third kappa shape index (κ3) is 2.48. The van der Waals surface area contributed by atoms with Crippen LogP contribution in [0.2, 0.25) is 4.34 Å². The first kappa shape index (κ1) is 13.7. The van der Waals surface area contributed by atoms with Crippen molar-refractivity contribution in [3.8, 4) is 22.1 Å². The van der Waals surface area contributed by atoms with Crippen molar-refractivity contribution in [3.05, 3.63) is 14.7 Å². The van der Waals surface area contributed by atoms with E-state index in [0.717, 1.165) is 15.4 Å². The molecule has 3 heterocycles. The van der Waals surface area contributed by atoms with E-state index in [1.54, 1.807) is 5.51 Å². The maximum Gasteiger partial charge on any atom is 0.303 e. The Morgan fingerprint density at radius 2 is 2.15 bits per heavy atom. The van der Waals surface area contributed by atoms with Gasteiger partial charge in [0.25, 0.3) is 0 Å². The van der Waals surface area contributed by atoms with Crippen molar-refractivity contribution in [3.63, 3.8) is 0 Å². The lowest BCUT2D eigenvalue weighted by Crippen LogP contribution is -2.14. The molecular formula is C12H10ClNO4S2. The largest absolute Gasteiger partial charge is 0.484 e. The SMILES string of the molecule is O=C(O)CCc1scnc1-c1sc(Cl)c2c1OCCO2. The van der Waals surface area contributed by atoms with Gasteiger partial charge in [0, 0.05) is 4.88 Å². The first-order chi connectivity index (χ1) is 9.66. The van der Waals surface area contributed by atoms with Crippen LogP contribution in [0, 0.1) is 0 Å². The van der Waals surface area contributed by atoms with Gasteiger partial charge in [-0.3, -0.25) is 4.79 Å². The Labute approximate surface area is 127 Å². The van der Waals surface area contributed by atoms with Gasteiger partial charge in [-0.05, 0) is 6.42 Å². The number of nitrogens with zero attached hydrogens (tertiary/aromatic N) is 1. The Bertz CT molecular complexity index is 652. The third-order valence-electron chi connectivity index (χ3n) is 2.78. The van der Waals surface area contributed by atoms with Crippen LogP contribution in [-0.4, -0.2) is 29.3 Å². The summed E-state index contributed by atoms with van der Waals surface area (Å²) in [6, 6.07) is 0. The molecule has 0 fully saturated rings. The average Bonchev–Trinajstić information content (AvgIpc) is 3.01. The van der Waals surface area contributed by atoms with Crippen LogP contribution in [0.4, 0.5) is 0 Å². The molecule has 1 N–H and O–H groups in total. The second-order valence-electron chi connectivity index (χ2n) is 4.08. The summed E-state index contributed by atoms with van der Waals surface area (Å²) in [5, 5.41) is 8.79. The van der Waals surface area contributed by atoms with E-state index in [2.05, 4.69) is 4.98 Å². The molecule has 20 heavy (non-hydrogen) atoms. The summed E-state index contributed by atoms with van der Waals surface area (Å²) in [5.41, 5.74) is 2.45. The molecule has 0 amide bonds. The van der Waals surface area contributed by atoms with E-state index in [9.17, 15) is 4.79 Å². The van der Waals surface area contributed by atoms with E-state index in [4.69, 9.17) is 26.2 Å². The van der Waals surface area contributed by atoms with E-state index in [1.165, 1.54) is 22.7 Å². The summed E-state index contributed by atoms with van der Waals surface area (Å²) in [4.78, 5) is 16.8. The van der Waals surface area contributed by atoms with Crippen LogP contribution in [0.3, 0.4) is 0 Å². The van der Waals surface area contributed by atoms with Crippen LogP contribution < -0.4 is 9.47 Å². The summed E-state index contributed by atoms with van der Waals surface area (Å²) >= 11 is 8.94. The molecule has 1 aliphatic rings. The molecule has 5 nitrogen and oxygen atoms in total. The number of rotatable bonds is 4. The number of aryl methyl sites for hydroxylation is 1. The van der Waals surface area contributed by atoms with E-state index >= 15 is 0 Å². The topological polar surface area (TPSA) is 68.7 Å². The summed E-state index contributed by atoms with van der Waals surface area (Å²) in [7, 11) is 0. The summed E-state index contributed by atoms with van der Waals surface area (Å²) < 4.78 is 11.7. The Balaban J connectivity index is 1.97. The molecule has 0 aromatic carbocycles. The van der Waals surface area contributed by atoms with Gasteiger partial charge in [0.05, 0.1) is 17.6 Å². The molecule has 0 aliphatic carbocycles. The van der Waals surface area contributed by atoms with Crippen LogP contribution in [0.25, 0.3) is 10.6 Å². The standard InChI is InChI=1S/C12H10ClNO4S2/c13-12-10-9(17-3-4-18-10)11(20-12)8-6(19-5-14-8)1-2-7(15)16/h5H,1-4H2,(H,15,16). The van der Waals surface area contributed by atoms with Crippen LogP contribution in [0.1, 0.15) is 11.3 Å². The predicted octanol–water partition coefficient (Wildman–Crippen LogP) is 3.31. The highest BCUT2D eigenvalue weighted by molar-refractivity contribution is 7.20. The van der Waals surface area contributed by atoms with Crippen molar-refractivity contribution < 1.29 is 19.4 Å². The monoisotopic (exact) mass is 331 g/mol. The van der Waals surface area contributed by atoms with E-state index in [0.29, 0.717) is 35.5 Å². The number of thiophene rings is 1. The summed E-state index contributed by atoms with van der Waals surface area (Å²) in [6.45, 7) is 0.952. The number of hydrogen-bond acceptors (Lipinski definition) is 6. The van der Waals surface area contributed by atoms with Crippen molar-refractivity contribution in [2.75, 3.05) is 13.2 Å². The van der Waals surface area contributed by atoms with Gasteiger partial charge in [-0.15, -0.1) is 22.7 Å². The first-order valence-corrected chi connectivity index (χ1v) is 7.96. The van der Waals surface area contributed by atoms with Gasteiger partial charge < -0.3 is 14.6 Å². The van der Waals surface area contributed by atoms with Crippen molar-refractivity contribution in [2.45, 2.75) is 12.8 Å². The predicted molar refractivity (Wildman–Crippen MR) is 77.4 cm³/mol. The summed E-state index contributed by atoms with van der Waals surface area (Å²) in [5.74, 6) is 0.360. The minimum absolute atomic E-state index is 0.0772. The molecule has 0 radical (unpaired) electrons. The Kier molecular flexibility index (Phi) is 3.82. The van der Waals surface area contributed by atoms with Gasteiger partial charge in [-0.2, -0.15) is 0 Å². The van der Waals surface area contributed by atoms with Crippen molar-refractivity contribution in [1.82, 2.24) is 4.98 Å². The number of aromatic nitrogens is 1. The Morgan fingerprint density at radius 3 is 2.90 bits per heavy atom. The van der Waals surface area contributed by atoms with E-state index < -0.39 is 5.97 Å². The molecule has 2 aromatic heterocycles. The second kappa shape index (κ2) is 5.59. The van der Waals surface area contributed by atoms with Crippen molar-refractivity contribution in [2.24, 2.45) is 0 Å². The number of hydrogen-bond donors (Lipinski definition) is 1. The second-order valence-corrected chi connectivity index (χ2v) is 6.64. The smallest absolute Gasteiger partial charge is 0.303 e. The number of carboxylic acids is 1. The molecule has 0 spiro atoms. The zero-order chi connectivity index (χ0) is 14.1. The van der Waals surface area contributed by atoms with Crippen molar-refractivity contribution in [1.29, 1.82) is 0 Å². The van der Waals surface area contributed by atoms with Crippen LogP contribution in [0.15, 0.2) is 5.51 Å². The van der Waals surface area contributed by atoms with Gasteiger partial charge in [0.1, 0.15) is 22.4 Å². The van der Waals surface area contributed by atoms with Gasteiger partial charge in [0.15, 0.2) is 11.5 Å². The van der Waals surface area contributed by atoms with E-state index in [1.807, 2.05) is 0 Å². The fraction of sp³-hybridized carbons (Fsp3) is 0.333. The average molecular weight is 332 g/mol. The molecule has 106 valence electrons. The number of fused-ring (bicyclic) bond motifs is 1. The zero-order valence-electron chi connectivity index (χ0n) is 10.2. The van der Waals surface area contributed by atoms with Gasteiger partial charge >= 0.3 is 5.97 Å². The number of carboxylic acid groups (broad SMARTS) is 1. The number of ether oxygens (including phenoxy) is 2. The number of halogens is 1. The lowest BCUT2D eigenvalue weighted by atomic mass is 10.2. The Hall–Kier alpha value is -1.31. The number of thiazole rings is 1. The lowest BCUT2D eigenvalue weighted by molar-refractivity contribution is -0.136. The first-order valence-electron chi connectivity index (χ1n) is 5.89. The molecule has 0 unspecified atom stereocenters. The molecule has 2 aromatic rings. The van der Waals surface area contributed by atoms with Crippen LogP contribution in [-0.2, 0) is 11.2 Å². The fourth-order valence-corrected chi connectivity index (χ4v) is 4.07. The Morgan fingerprint density at radius 1 is 1.40 bits per heavy atom. The maximum absolute atomic E-state index is 10.7. The van der Waals surface area contributed by atoms with Gasteiger partial charge in [0.2, 0.25) is 0 Å². The van der Waals surface area contributed by atoms with E-state index in [-0.39, 0.29) is 6.42 Å². The van der Waals surface area contributed by atoms with Gasteiger partial charge in [-0.1, -0.05) is 11.6 Å². The van der Waals surface area contributed by atoms with Crippen LogP contribution >= 0.6 is 34.3 Å². The van der Waals surface area contributed by atoms with Crippen LogP contribution in [0.5, 0.6) is 11.5 Å². The molecule has 8 heteroatoms. The normalized spacial score (nSPS) is 13.4. The van der Waals surface area contributed by atoms with Crippen molar-refractivity contribution >= 4 is 40.2 Å². The fourth-order valence-electron chi connectivity index (χ4n) is 1.92. The highest BCUT2D eigenvalue weighted by Crippen LogP contribution is 2.52. The number of aliphatic carboxylic acids is 1. The molecule has 0 bridgehead atoms. The molecule has 1 aliphatic heterocycles. The maximum atomic E-state index is 10.7. The number of carbonyl (C=O) groups is 1.